The predicted molar refractivity (Wildman–Crippen MR) is 123 cm³/mol. The van der Waals surface area contributed by atoms with Gasteiger partial charge >= 0.3 is 5.97 Å². The first kappa shape index (κ1) is 22.9. The number of carboxylic acids is 1. The first-order chi connectivity index (χ1) is 15.9. The molecule has 2 aromatic carbocycles. The SMILES string of the molecule is C[C@@H](CN[C@H](c1ccccc1)[C@@H]1CNc2cc(F)cnc2C1)c1cc(CC(=O)O)ccc1F. The lowest BCUT2D eigenvalue weighted by atomic mass is 9.86. The van der Waals surface area contributed by atoms with E-state index >= 15 is 0 Å². The van der Waals surface area contributed by atoms with Gasteiger partial charge in [0.1, 0.15) is 11.6 Å². The van der Waals surface area contributed by atoms with Gasteiger partial charge in [-0.3, -0.25) is 9.78 Å². The highest BCUT2D eigenvalue weighted by atomic mass is 19.1. The van der Waals surface area contributed by atoms with Crippen molar-refractivity contribution in [3.63, 3.8) is 0 Å². The molecule has 0 unspecified atom stereocenters. The molecule has 0 radical (unpaired) electrons. The minimum absolute atomic E-state index is 0.0218. The van der Waals surface area contributed by atoms with Gasteiger partial charge < -0.3 is 15.7 Å². The van der Waals surface area contributed by atoms with Gasteiger partial charge in [0.2, 0.25) is 0 Å². The van der Waals surface area contributed by atoms with Crippen molar-refractivity contribution in [2.24, 2.45) is 5.92 Å². The highest BCUT2D eigenvalue weighted by molar-refractivity contribution is 5.70. The number of nitrogens with one attached hydrogen (secondary N) is 2. The zero-order valence-corrected chi connectivity index (χ0v) is 18.4. The number of hydrogen-bond donors (Lipinski definition) is 3. The monoisotopic (exact) mass is 451 g/mol. The third-order valence-corrected chi connectivity index (χ3v) is 6.17. The van der Waals surface area contributed by atoms with Crippen LogP contribution in [-0.4, -0.2) is 29.1 Å². The van der Waals surface area contributed by atoms with Gasteiger partial charge in [-0.15, -0.1) is 0 Å². The van der Waals surface area contributed by atoms with E-state index in [9.17, 15) is 13.6 Å². The minimum Gasteiger partial charge on any atom is -0.481 e. The first-order valence-corrected chi connectivity index (χ1v) is 11.1. The molecule has 0 bridgehead atoms. The third-order valence-electron chi connectivity index (χ3n) is 6.17. The van der Waals surface area contributed by atoms with Crippen molar-refractivity contribution in [3.8, 4) is 0 Å². The maximum Gasteiger partial charge on any atom is 0.307 e. The summed E-state index contributed by atoms with van der Waals surface area (Å²) in [5.74, 6) is -1.65. The Morgan fingerprint density at radius 2 is 2.00 bits per heavy atom. The number of carbonyl (C=O) groups is 1. The van der Waals surface area contributed by atoms with E-state index in [1.54, 1.807) is 6.07 Å². The average Bonchev–Trinajstić information content (AvgIpc) is 2.80. The van der Waals surface area contributed by atoms with E-state index in [0.717, 1.165) is 16.9 Å². The molecule has 3 atom stereocenters. The average molecular weight is 452 g/mol. The molecule has 3 aromatic rings. The molecule has 0 amide bonds. The van der Waals surface area contributed by atoms with Crippen molar-refractivity contribution in [1.29, 1.82) is 0 Å². The van der Waals surface area contributed by atoms with Gasteiger partial charge in [-0.1, -0.05) is 49.4 Å². The van der Waals surface area contributed by atoms with Crippen molar-refractivity contribution >= 4 is 11.7 Å². The summed E-state index contributed by atoms with van der Waals surface area (Å²) in [4.78, 5) is 15.3. The van der Waals surface area contributed by atoms with Gasteiger partial charge in [0.05, 0.1) is 24.0 Å². The summed E-state index contributed by atoms with van der Waals surface area (Å²) in [6, 6.07) is 16.0. The van der Waals surface area contributed by atoms with Crippen molar-refractivity contribution in [3.05, 3.63) is 94.8 Å². The summed E-state index contributed by atoms with van der Waals surface area (Å²) in [5, 5.41) is 16.0. The number of aromatic nitrogens is 1. The molecule has 1 aromatic heterocycles. The van der Waals surface area contributed by atoms with E-state index in [-0.39, 0.29) is 35.9 Å². The van der Waals surface area contributed by atoms with Crippen molar-refractivity contribution in [2.45, 2.75) is 31.7 Å². The van der Waals surface area contributed by atoms with Crippen LogP contribution in [0.5, 0.6) is 0 Å². The molecule has 33 heavy (non-hydrogen) atoms. The molecule has 172 valence electrons. The van der Waals surface area contributed by atoms with E-state index in [4.69, 9.17) is 5.11 Å². The van der Waals surface area contributed by atoms with Crippen LogP contribution < -0.4 is 10.6 Å². The summed E-state index contributed by atoms with van der Waals surface area (Å²) in [5.41, 5.74) is 3.75. The van der Waals surface area contributed by atoms with Gasteiger partial charge in [-0.25, -0.2) is 8.78 Å². The molecule has 1 aliphatic rings. The second-order valence-electron chi connectivity index (χ2n) is 8.62. The Morgan fingerprint density at radius 3 is 2.76 bits per heavy atom. The molecule has 0 fully saturated rings. The smallest absolute Gasteiger partial charge is 0.307 e. The Bertz CT molecular complexity index is 1120. The Kier molecular flexibility index (Phi) is 6.99. The minimum atomic E-state index is -0.943. The van der Waals surface area contributed by atoms with Crippen LogP contribution in [0.1, 0.15) is 41.3 Å². The summed E-state index contributed by atoms with van der Waals surface area (Å²) in [6.07, 6.45) is 1.79. The van der Waals surface area contributed by atoms with E-state index in [1.807, 2.05) is 25.1 Å². The van der Waals surface area contributed by atoms with Crippen LogP contribution in [0.3, 0.4) is 0 Å². The number of aliphatic carboxylic acids is 1. The number of fused-ring (bicyclic) bond motifs is 1. The summed E-state index contributed by atoms with van der Waals surface area (Å²) in [7, 11) is 0. The van der Waals surface area contributed by atoms with Gasteiger partial charge in [0.25, 0.3) is 0 Å². The highest BCUT2D eigenvalue weighted by Gasteiger charge is 2.29. The molecular weight excluding hydrogens is 424 g/mol. The number of carboxylic acid groups (broad SMARTS) is 1. The lowest BCUT2D eigenvalue weighted by Gasteiger charge is -2.33. The Balaban J connectivity index is 1.52. The standard InChI is InChI=1S/C26H27F2N3O2/c1-16(21-9-17(10-25(32)33)7-8-22(21)28)13-31-26(18-5-3-2-4-6-18)19-11-23-24(29-14-19)12-20(27)15-30-23/h2-9,12,15-16,19,26,29,31H,10-11,13-14H2,1H3,(H,32,33)/t16-,19-,26+/m0/s1. The van der Waals surface area contributed by atoms with E-state index < -0.39 is 5.97 Å². The maximum absolute atomic E-state index is 14.5. The van der Waals surface area contributed by atoms with E-state index in [0.29, 0.717) is 30.6 Å². The van der Waals surface area contributed by atoms with E-state index in [1.165, 1.54) is 24.4 Å². The summed E-state index contributed by atoms with van der Waals surface area (Å²) in [6.45, 7) is 3.09. The number of hydrogen-bond acceptors (Lipinski definition) is 4. The summed E-state index contributed by atoms with van der Waals surface area (Å²) < 4.78 is 28.1. The van der Waals surface area contributed by atoms with Crippen molar-refractivity contribution in [1.82, 2.24) is 10.3 Å². The maximum atomic E-state index is 14.5. The normalized spacial score (nSPS) is 17.0. The number of pyridine rings is 1. The zero-order chi connectivity index (χ0) is 23.4. The Labute approximate surface area is 191 Å². The van der Waals surface area contributed by atoms with Crippen molar-refractivity contribution in [2.75, 3.05) is 18.4 Å². The predicted octanol–water partition coefficient (Wildman–Crippen LogP) is 4.71. The lowest BCUT2D eigenvalue weighted by Crippen LogP contribution is -2.38. The van der Waals surface area contributed by atoms with Crippen LogP contribution in [0.15, 0.2) is 60.8 Å². The van der Waals surface area contributed by atoms with Crippen LogP contribution >= 0.6 is 0 Å². The Hall–Kier alpha value is -3.32. The topological polar surface area (TPSA) is 74.2 Å². The van der Waals surface area contributed by atoms with Gasteiger partial charge in [0, 0.05) is 31.1 Å². The fourth-order valence-electron chi connectivity index (χ4n) is 4.47. The molecule has 2 heterocycles. The molecule has 1 aliphatic heterocycles. The number of benzene rings is 2. The largest absolute Gasteiger partial charge is 0.481 e. The number of nitrogens with zero attached hydrogens (tertiary/aromatic N) is 1. The second kappa shape index (κ2) is 10.1. The quantitative estimate of drug-likeness (QED) is 0.463. The zero-order valence-electron chi connectivity index (χ0n) is 18.4. The van der Waals surface area contributed by atoms with Crippen LogP contribution in [0, 0.1) is 17.6 Å². The lowest BCUT2D eigenvalue weighted by molar-refractivity contribution is -0.136. The number of halogens is 2. The number of rotatable bonds is 8. The fourth-order valence-corrected chi connectivity index (χ4v) is 4.47. The second-order valence-corrected chi connectivity index (χ2v) is 8.62. The van der Waals surface area contributed by atoms with Gasteiger partial charge in [0.15, 0.2) is 0 Å². The molecule has 3 N–H and O–H groups in total. The molecule has 0 saturated heterocycles. The molecule has 7 heteroatoms. The van der Waals surface area contributed by atoms with Crippen LogP contribution in [-0.2, 0) is 17.6 Å². The van der Waals surface area contributed by atoms with Crippen LogP contribution in [0.2, 0.25) is 0 Å². The highest BCUT2D eigenvalue weighted by Crippen LogP contribution is 2.32. The van der Waals surface area contributed by atoms with Gasteiger partial charge in [-0.05, 0) is 35.1 Å². The fraction of sp³-hybridized carbons (Fsp3) is 0.308. The molecule has 5 nitrogen and oxygen atoms in total. The van der Waals surface area contributed by atoms with Crippen LogP contribution in [0.4, 0.5) is 14.5 Å². The molecule has 0 aliphatic carbocycles. The number of anilines is 1. The van der Waals surface area contributed by atoms with E-state index in [2.05, 4.69) is 27.8 Å². The van der Waals surface area contributed by atoms with Gasteiger partial charge in [-0.2, -0.15) is 0 Å². The molecule has 0 saturated carbocycles. The Morgan fingerprint density at radius 1 is 1.21 bits per heavy atom. The first-order valence-electron chi connectivity index (χ1n) is 11.1. The van der Waals surface area contributed by atoms with Crippen molar-refractivity contribution < 1.29 is 18.7 Å². The molecular formula is C26H27F2N3O2. The molecule has 0 spiro atoms. The molecule has 4 rings (SSSR count). The third kappa shape index (κ3) is 5.54. The summed E-state index contributed by atoms with van der Waals surface area (Å²) >= 11 is 0. The van der Waals surface area contributed by atoms with Crippen LogP contribution in [0.25, 0.3) is 0 Å².